The number of carboxylic acids is 1. The lowest BCUT2D eigenvalue weighted by Crippen LogP contribution is -2.40. The highest BCUT2D eigenvalue weighted by atomic mass is 32.1. The third kappa shape index (κ3) is 4.30. The smallest absolute Gasteiger partial charge is 0.326 e. The van der Waals surface area contributed by atoms with Gasteiger partial charge in [0.1, 0.15) is 6.04 Å². The van der Waals surface area contributed by atoms with Gasteiger partial charge in [-0.25, -0.2) is 4.79 Å². The molecule has 2 rings (SSSR count). The Morgan fingerprint density at radius 2 is 2.00 bits per heavy atom. The number of hydrogen-bond acceptors (Lipinski definition) is 3. The molecular weight excluding hydrogens is 286 g/mol. The minimum atomic E-state index is -0.958. The van der Waals surface area contributed by atoms with Crippen molar-refractivity contribution >= 4 is 23.2 Å². The van der Waals surface area contributed by atoms with E-state index in [4.69, 9.17) is 5.11 Å². The molecule has 116 valence electrons. The number of carboxylic acid groups (broad SMARTS) is 1. The number of hydrogen-bond donors (Lipinski definition) is 2. The molecular formula is C16H23NO3S. The second kappa shape index (κ2) is 7.59. The normalized spacial score (nSPS) is 16.4. The first-order valence-electron chi connectivity index (χ1n) is 7.77. The summed E-state index contributed by atoms with van der Waals surface area (Å²) in [6.07, 6.45) is 8.16. The first-order valence-corrected chi connectivity index (χ1v) is 8.58. The van der Waals surface area contributed by atoms with Gasteiger partial charge in [-0.3, -0.25) is 4.79 Å². The molecule has 1 atom stereocenters. The number of amides is 1. The molecule has 5 heteroatoms. The van der Waals surface area contributed by atoms with Gasteiger partial charge in [0.2, 0.25) is 0 Å². The van der Waals surface area contributed by atoms with Crippen molar-refractivity contribution in [3.05, 3.63) is 21.4 Å². The van der Waals surface area contributed by atoms with Crippen LogP contribution in [0.1, 0.15) is 65.6 Å². The maximum atomic E-state index is 12.3. The van der Waals surface area contributed by atoms with Gasteiger partial charge >= 0.3 is 5.97 Å². The van der Waals surface area contributed by atoms with Crippen molar-refractivity contribution < 1.29 is 14.7 Å². The zero-order chi connectivity index (χ0) is 15.2. The van der Waals surface area contributed by atoms with E-state index in [0.717, 1.165) is 19.3 Å². The van der Waals surface area contributed by atoms with Crippen LogP contribution in [0.3, 0.4) is 0 Å². The standard InChI is InChI=1S/C16H23NO3S/c1-2-7-12(16(19)20)17-15(18)14-10-11-8-5-3-4-6-9-13(11)21-14/h10,12H,2-9H2,1H3,(H,17,18)(H,19,20)/t12-/m1/s1. The summed E-state index contributed by atoms with van der Waals surface area (Å²) in [5, 5.41) is 11.8. The summed E-state index contributed by atoms with van der Waals surface area (Å²) < 4.78 is 0. The Labute approximate surface area is 129 Å². The van der Waals surface area contributed by atoms with E-state index in [0.29, 0.717) is 11.3 Å². The molecule has 0 bridgehead atoms. The number of thiophene rings is 1. The van der Waals surface area contributed by atoms with Gasteiger partial charge in [-0.15, -0.1) is 11.3 Å². The van der Waals surface area contributed by atoms with Crippen LogP contribution in [0.15, 0.2) is 6.07 Å². The lowest BCUT2D eigenvalue weighted by atomic mass is 10.00. The van der Waals surface area contributed by atoms with Crippen molar-refractivity contribution in [2.24, 2.45) is 0 Å². The predicted molar refractivity (Wildman–Crippen MR) is 84.0 cm³/mol. The van der Waals surface area contributed by atoms with Gasteiger partial charge in [0.25, 0.3) is 5.91 Å². The summed E-state index contributed by atoms with van der Waals surface area (Å²) >= 11 is 1.53. The molecule has 1 heterocycles. The third-order valence-electron chi connectivity index (χ3n) is 3.90. The molecule has 0 unspecified atom stereocenters. The van der Waals surface area contributed by atoms with Crippen LogP contribution in [-0.2, 0) is 17.6 Å². The van der Waals surface area contributed by atoms with Crippen LogP contribution in [0.25, 0.3) is 0 Å². The van der Waals surface area contributed by atoms with Crippen LogP contribution in [0.2, 0.25) is 0 Å². The number of rotatable bonds is 5. The molecule has 0 saturated carbocycles. The van der Waals surface area contributed by atoms with E-state index in [1.807, 2.05) is 13.0 Å². The van der Waals surface area contributed by atoms with Crippen molar-refractivity contribution in [3.63, 3.8) is 0 Å². The zero-order valence-electron chi connectivity index (χ0n) is 12.5. The SMILES string of the molecule is CCC[C@@H](NC(=O)c1cc2c(s1)CCCCCC2)C(=O)O. The molecule has 0 fully saturated rings. The van der Waals surface area contributed by atoms with E-state index >= 15 is 0 Å². The van der Waals surface area contributed by atoms with E-state index in [2.05, 4.69) is 5.32 Å². The number of nitrogens with one attached hydrogen (secondary N) is 1. The van der Waals surface area contributed by atoms with E-state index in [-0.39, 0.29) is 5.91 Å². The van der Waals surface area contributed by atoms with Crippen molar-refractivity contribution in [3.8, 4) is 0 Å². The lowest BCUT2D eigenvalue weighted by molar-refractivity contribution is -0.139. The van der Waals surface area contributed by atoms with Gasteiger partial charge in [0.05, 0.1) is 4.88 Å². The Balaban J connectivity index is 2.08. The van der Waals surface area contributed by atoms with Gasteiger partial charge < -0.3 is 10.4 Å². The summed E-state index contributed by atoms with van der Waals surface area (Å²) in [5.74, 6) is -1.20. The van der Waals surface area contributed by atoms with Crippen molar-refractivity contribution in [1.29, 1.82) is 0 Å². The summed E-state index contributed by atoms with van der Waals surface area (Å²) in [6.45, 7) is 1.92. The van der Waals surface area contributed by atoms with Gasteiger partial charge in [0.15, 0.2) is 0 Å². The third-order valence-corrected chi connectivity index (χ3v) is 5.14. The van der Waals surface area contributed by atoms with E-state index in [1.54, 1.807) is 0 Å². The zero-order valence-corrected chi connectivity index (χ0v) is 13.3. The average Bonchev–Trinajstić information content (AvgIpc) is 2.80. The minimum absolute atomic E-state index is 0.243. The van der Waals surface area contributed by atoms with E-state index in [9.17, 15) is 9.59 Å². The first kappa shape index (κ1) is 16.0. The van der Waals surface area contributed by atoms with Gasteiger partial charge in [0, 0.05) is 4.88 Å². The summed E-state index contributed by atoms with van der Waals surface area (Å²) in [5.41, 5.74) is 1.28. The Hall–Kier alpha value is -1.36. The highest BCUT2D eigenvalue weighted by molar-refractivity contribution is 7.14. The van der Waals surface area contributed by atoms with Crippen LogP contribution in [0.5, 0.6) is 0 Å². The van der Waals surface area contributed by atoms with Crippen molar-refractivity contribution in [2.45, 2.75) is 64.3 Å². The molecule has 0 radical (unpaired) electrons. The van der Waals surface area contributed by atoms with Gasteiger partial charge in [-0.2, -0.15) is 0 Å². The fourth-order valence-corrected chi connectivity index (χ4v) is 3.89. The van der Waals surface area contributed by atoms with Crippen LogP contribution < -0.4 is 5.32 Å². The Kier molecular flexibility index (Phi) is 5.79. The molecule has 4 nitrogen and oxygen atoms in total. The summed E-state index contributed by atoms with van der Waals surface area (Å²) in [6, 6.07) is 1.18. The van der Waals surface area contributed by atoms with Crippen LogP contribution in [-0.4, -0.2) is 23.0 Å². The molecule has 1 aliphatic carbocycles. The Bertz CT molecular complexity index is 484. The average molecular weight is 309 g/mol. The number of carbonyl (C=O) groups is 2. The fraction of sp³-hybridized carbons (Fsp3) is 0.625. The topological polar surface area (TPSA) is 66.4 Å². The maximum Gasteiger partial charge on any atom is 0.326 e. The van der Waals surface area contributed by atoms with Gasteiger partial charge in [-0.1, -0.05) is 26.2 Å². The molecule has 21 heavy (non-hydrogen) atoms. The van der Waals surface area contributed by atoms with E-state index in [1.165, 1.54) is 47.5 Å². The minimum Gasteiger partial charge on any atom is -0.480 e. The van der Waals surface area contributed by atoms with Crippen LogP contribution in [0.4, 0.5) is 0 Å². The highest BCUT2D eigenvalue weighted by Gasteiger charge is 2.22. The van der Waals surface area contributed by atoms with Crippen LogP contribution in [0, 0.1) is 0 Å². The molecule has 1 aliphatic rings. The molecule has 0 saturated heterocycles. The van der Waals surface area contributed by atoms with E-state index < -0.39 is 12.0 Å². The van der Waals surface area contributed by atoms with Crippen LogP contribution >= 0.6 is 11.3 Å². The summed E-state index contributed by atoms with van der Waals surface area (Å²) in [7, 11) is 0. The number of aliphatic carboxylic acids is 1. The second-order valence-corrected chi connectivity index (χ2v) is 6.76. The van der Waals surface area contributed by atoms with Gasteiger partial charge in [-0.05, 0) is 43.7 Å². The molecule has 1 amide bonds. The maximum absolute atomic E-state index is 12.3. The Morgan fingerprint density at radius 3 is 2.67 bits per heavy atom. The molecule has 1 aromatic rings. The van der Waals surface area contributed by atoms with Crippen molar-refractivity contribution in [1.82, 2.24) is 5.32 Å². The number of carbonyl (C=O) groups excluding carboxylic acids is 1. The number of aryl methyl sites for hydroxylation is 2. The molecule has 0 spiro atoms. The van der Waals surface area contributed by atoms with Crippen molar-refractivity contribution in [2.75, 3.05) is 0 Å². The quantitative estimate of drug-likeness (QED) is 0.876. The predicted octanol–water partition coefficient (Wildman–Crippen LogP) is 3.39. The lowest BCUT2D eigenvalue weighted by Gasteiger charge is -2.12. The molecule has 2 N–H and O–H groups in total. The monoisotopic (exact) mass is 309 g/mol. The largest absolute Gasteiger partial charge is 0.480 e. The molecule has 0 aromatic carbocycles. The second-order valence-electron chi connectivity index (χ2n) is 5.63. The molecule has 0 aliphatic heterocycles. The molecule has 1 aromatic heterocycles. The fourth-order valence-electron chi connectivity index (χ4n) is 2.73. The Morgan fingerprint density at radius 1 is 1.29 bits per heavy atom. The first-order chi connectivity index (χ1) is 10.1. The number of fused-ring (bicyclic) bond motifs is 1. The highest BCUT2D eigenvalue weighted by Crippen LogP contribution is 2.28. The summed E-state index contributed by atoms with van der Waals surface area (Å²) in [4.78, 5) is 25.4.